The molecule has 2 fully saturated rings. The van der Waals surface area contributed by atoms with Crippen LogP contribution in [0.2, 0.25) is 0 Å². The molecule has 0 radical (unpaired) electrons. The highest BCUT2D eigenvalue weighted by Gasteiger charge is 2.39. The Labute approximate surface area is 117 Å². The van der Waals surface area contributed by atoms with Crippen LogP contribution in [0.3, 0.4) is 0 Å². The molecule has 0 aromatic heterocycles. The van der Waals surface area contributed by atoms with Crippen molar-refractivity contribution in [3.05, 3.63) is 0 Å². The molecule has 4 nitrogen and oxygen atoms in total. The fourth-order valence-corrected chi connectivity index (χ4v) is 3.18. The standard InChI is InChI=1S/C15H29N3O/c1-11-4-8-13(9-5-11)18(3)10-15(2,14(16)19)17-12-6-7-12/h11-13,17H,4-10H2,1-3H3,(H2,16,19). The van der Waals surface area contributed by atoms with E-state index in [9.17, 15) is 4.79 Å². The first-order chi connectivity index (χ1) is 8.90. The Bertz CT molecular complexity index is 321. The van der Waals surface area contributed by atoms with Crippen molar-refractivity contribution in [2.45, 2.75) is 70.0 Å². The summed E-state index contributed by atoms with van der Waals surface area (Å²) in [5, 5.41) is 3.43. The van der Waals surface area contributed by atoms with Crippen molar-refractivity contribution in [2.75, 3.05) is 13.6 Å². The van der Waals surface area contributed by atoms with Crippen molar-refractivity contribution < 1.29 is 4.79 Å². The van der Waals surface area contributed by atoms with Gasteiger partial charge in [0.05, 0.1) is 0 Å². The van der Waals surface area contributed by atoms with Crippen LogP contribution >= 0.6 is 0 Å². The van der Waals surface area contributed by atoms with E-state index in [-0.39, 0.29) is 5.91 Å². The summed E-state index contributed by atoms with van der Waals surface area (Å²) in [5.74, 6) is 0.632. The Morgan fingerprint density at radius 3 is 2.32 bits per heavy atom. The number of nitrogens with two attached hydrogens (primary N) is 1. The monoisotopic (exact) mass is 267 g/mol. The Balaban J connectivity index is 1.90. The van der Waals surface area contributed by atoms with Gasteiger partial charge in [-0.15, -0.1) is 0 Å². The number of nitrogens with zero attached hydrogens (tertiary/aromatic N) is 1. The van der Waals surface area contributed by atoms with Crippen LogP contribution < -0.4 is 11.1 Å². The van der Waals surface area contributed by atoms with Crippen molar-refractivity contribution >= 4 is 5.91 Å². The molecule has 0 spiro atoms. The highest BCUT2D eigenvalue weighted by atomic mass is 16.1. The number of carbonyl (C=O) groups is 1. The van der Waals surface area contributed by atoms with Gasteiger partial charge in [-0.1, -0.05) is 6.92 Å². The number of primary amides is 1. The van der Waals surface area contributed by atoms with E-state index in [1.165, 1.54) is 38.5 Å². The van der Waals surface area contributed by atoms with Gasteiger partial charge in [-0.25, -0.2) is 0 Å². The van der Waals surface area contributed by atoms with Gasteiger partial charge >= 0.3 is 0 Å². The Morgan fingerprint density at radius 1 is 1.26 bits per heavy atom. The summed E-state index contributed by atoms with van der Waals surface area (Å²) < 4.78 is 0. The van der Waals surface area contributed by atoms with E-state index in [1.54, 1.807) is 0 Å². The van der Waals surface area contributed by atoms with Gasteiger partial charge in [0.15, 0.2) is 0 Å². The second kappa shape index (κ2) is 5.80. The Hall–Kier alpha value is -0.610. The average molecular weight is 267 g/mol. The van der Waals surface area contributed by atoms with Crippen LogP contribution in [0.25, 0.3) is 0 Å². The van der Waals surface area contributed by atoms with Crippen molar-refractivity contribution in [2.24, 2.45) is 11.7 Å². The number of amides is 1. The zero-order chi connectivity index (χ0) is 14.0. The van der Waals surface area contributed by atoms with E-state index in [0.29, 0.717) is 12.1 Å². The minimum atomic E-state index is -0.584. The summed E-state index contributed by atoms with van der Waals surface area (Å²) in [7, 11) is 2.14. The highest BCUT2D eigenvalue weighted by molar-refractivity contribution is 5.84. The van der Waals surface area contributed by atoms with Gasteiger partial charge in [-0.2, -0.15) is 0 Å². The van der Waals surface area contributed by atoms with Gasteiger partial charge in [0.1, 0.15) is 5.54 Å². The summed E-state index contributed by atoms with van der Waals surface area (Å²) >= 11 is 0. The molecule has 110 valence electrons. The van der Waals surface area contributed by atoms with E-state index in [4.69, 9.17) is 5.73 Å². The molecule has 2 rings (SSSR count). The Kier molecular flexibility index (Phi) is 4.51. The molecule has 1 amide bonds. The van der Waals surface area contributed by atoms with Gasteiger partial charge in [-0.3, -0.25) is 10.1 Å². The van der Waals surface area contributed by atoms with Gasteiger partial charge in [0, 0.05) is 18.6 Å². The Morgan fingerprint density at radius 2 is 1.84 bits per heavy atom. The van der Waals surface area contributed by atoms with Crippen LogP contribution in [0.1, 0.15) is 52.4 Å². The first kappa shape index (κ1) is 14.8. The summed E-state index contributed by atoms with van der Waals surface area (Å²) in [6, 6.07) is 1.10. The number of likely N-dealkylation sites (N-methyl/N-ethyl adjacent to an activating group) is 1. The molecule has 0 aliphatic heterocycles. The molecule has 0 aromatic rings. The van der Waals surface area contributed by atoms with Crippen molar-refractivity contribution in [1.29, 1.82) is 0 Å². The van der Waals surface area contributed by atoms with E-state index < -0.39 is 5.54 Å². The third-order valence-electron chi connectivity index (χ3n) is 4.82. The maximum absolute atomic E-state index is 11.8. The molecular weight excluding hydrogens is 238 g/mol. The lowest BCUT2D eigenvalue weighted by Crippen LogP contribution is -2.61. The van der Waals surface area contributed by atoms with Crippen LogP contribution in [-0.2, 0) is 4.79 Å². The first-order valence-electron chi connectivity index (χ1n) is 7.68. The molecule has 0 bridgehead atoms. The lowest BCUT2D eigenvalue weighted by atomic mass is 9.86. The van der Waals surface area contributed by atoms with E-state index in [0.717, 1.165) is 12.5 Å². The topological polar surface area (TPSA) is 58.4 Å². The minimum Gasteiger partial charge on any atom is -0.368 e. The zero-order valence-corrected chi connectivity index (χ0v) is 12.6. The molecular formula is C15H29N3O. The van der Waals surface area contributed by atoms with Crippen molar-refractivity contribution in [3.63, 3.8) is 0 Å². The predicted octanol–water partition coefficient (Wildman–Crippen LogP) is 1.49. The first-order valence-corrected chi connectivity index (χ1v) is 7.68. The van der Waals surface area contributed by atoms with E-state index in [1.807, 2.05) is 6.92 Å². The molecule has 19 heavy (non-hydrogen) atoms. The number of nitrogens with one attached hydrogen (secondary N) is 1. The van der Waals surface area contributed by atoms with Gasteiger partial charge in [-0.05, 0) is 58.4 Å². The normalized spacial score (nSPS) is 31.2. The molecule has 0 heterocycles. The molecule has 3 N–H and O–H groups in total. The smallest absolute Gasteiger partial charge is 0.238 e. The van der Waals surface area contributed by atoms with Crippen molar-refractivity contribution in [3.8, 4) is 0 Å². The molecule has 1 atom stereocenters. The van der Waals surface area contributed by atoms with Gasteiger partial charge < -0.3 is 10.6 Å². The number of rotatable bonds is 6. The molecule has 2 aliphatic rings. The fourth-order valence-electron chi connectivity index (χ4n) is 3.18. The largest absolute Gasteiger partial charge is 0.368 e. The van der Waals surface area contributed by atoms with Crippen LogP contribution in [0.4, 0.5) is 0 Å². The summed E-state index contributed by atoms with van der Waals surface area (Å²) in [4.78, 5) is 14.1. The summed E-state index contributed by atoms with van der Waals surface area (Å²) in [6.45, 7) is 5.01. The molecule has 2 saturated carbocycles. The average Bonchev–Trinajstić information content (AvgIpc) is 3.13. The maximum Gasteiger partial charge on any atom is 0.238 e. The quantitative estimate of drug-likeness (QED) is 0.766. The van der Waals surface area contributed by atoms with Crippen LogP contribution in [-0.4, -0.2) is 42.0 Å². The van der Waals surface area contributed by atoms with Crippen LogP contribution in [0.5, 0.6) is 0 Å². The minimum absolute atomic E-state index is 0.226. The molecule has 1 unspecified atom stereocenters. The number of carbonyl (C=O) groups excluding carboxylic acids is 1. The lowest BCUT2D eigenvalue weighted by molar-refractivity contribution is -0.124. The van der Waals surface area contributed by atoms with E-state index in [2.05, 4.69) is 24.2 Å². The molecule has 0 aromatic carbocycles. The van der Waals surface area contributed by atoms with Crippen LogP contribution in [0, 0.1) is 5.92 Å². The number of hydrogen-bond acceptors (Lipinski definition) is 3. The molecule has 2 aliphatic carbocycles. The lowest BCUT2D eigenvalue weighted by Gasteiger charge is -2.39. The van der Waals surface area contributed by atoms with Crippen LogP contribution in [0.15, 0.2) is 0 Å². The van der Waals surface area contributed by atoms with Crippen molar-refractivity contribution in [1.82, 2.24) is 10.2 Å². The predicted molar refractivity (Wildman–Crippen MR) is 77.8 cm³/mol. The highest BCUT2D eigenvalue weighted by Crippen LogP contribution is 2.28. The molecule has 0 saturated heterocycles. The molecule has 4 heteroatoms. The summed E-state index contributed by atoms with van der Waals surface area (Å²) in [5.41, 5.74) is 5.03. The third-order valence-corrected chi connectivity index (χ3v) is 4.82. The van der Waals surface area contributed by atoms with Gasteiger partial charge in [0.25, 0.3) is 0 Å². The maximum atomic E-state index is 11.8. The third kappa shape index (κ3) is 3.93. The summed E-state index contributed by atoms with van der Waals surface area (Å²) in [6.07, 6.45) is 7.45. The second-order valence-corrected chi connectivity index (χ2v) is 6.94. The fraction of sp³-hybridized carbons (Fsp3) is 0.933. The second-order valence-electron chi connectivity index (χ2n) is 6.94. The van der Waals surface area contributed by atoms with E-state index >= 15 is 0 Å². The van der Waals surface area contributed by atoms with Gasteiger partial charge in [0.2, 0.25) is 5.91 Å². The SMILES string of the molecule is CC1CCC(N(C)CC(C)(NC2CC2)C(N)=O)CC1. The zero-order valence-electron chi connectivity index (χ0n) is 12.6. The number of hydrogen-bond donors (Lipinski definition) is 2.